The van der Waals surface area contributed by atoms with Crippen LogP contribution < -0.4 is 14.8 Å². The predicted molar refractivity (Wildman–Crippen MR) is 144 cm³/mol. The fourth-order valence-corrected chi connectivity index (χ4v) is 5.58. The number of thiazole rings is 1. The van der Waals surface area contributed by atoms with Crippen LogP contribution >= 0.6 is 11.3 Å². The Kier molecular flexibility index (Phi) is 5.00. The van der Waals surface area contributed by atoms with E-state index in [9.17, 15) is 4.79 Å². The molecule has 6 aromatic rings. The molecule has 8 heteroatoms. The second kappa shape index (κ2) is 8.53. The third kappa shape index (κ3) is 3.82. The van der Waals surface area contributed by atoms with Crippen LogP contribution in [0.5, 0.6) is 5.75 Å². The number of aromatic nitrogens is 5. The van der Waals surface area contributed by atoms with Gasteiger partial charge in [-0.2, -0.15) is 14.6 Å². The Morgan fingerprint density at radius 2 is 1.76 bits per heavy atom. The summed E-state index contributed by atoms with van der Waals surface area (Å²) >= 11 is 1.33. The highest BCUT2D eigenvalue weighted by atomic mass is 32.1. The summed E-state index contributed by atoms with van der Waals surface area (Å²) in [7, 11) is 0. The summed E-state index contributed by atoms with van der Waals surface area (Å²) in [6.45, 7) is 2.07. The molecule has 7 rings (SSSR count). The highest BCUT2D eigenvalue weighted by Crippen LogP contribution is 2.34. The fourth-order valence-electron chi connectivity index (χ4n) is 4.68. The first kappa shape index (κ1) is 21.7. The van der Waals surface area contributed by atoms with Gasteiger partial charge in [-0.05, 0) is 48.9 Å². The van der Waals surface area contributed by atoms with E-state index in [1.165, 1.54) is 21.4 Å². The van der Waals surface area contributed by atoms with E-state index in [2.05, 4.69) is 23.1 Å². The highest BCUT2D eigenvalue weighted by Gasteiger charge is 2.21. The molecule has 4 heterocycles. The molecule has 0 bridgehead atoms. The average molecular weight is 504 g/mol. The minimum Gasteiger partial charge on any atom is -0.490 e. The van der Waals surface area contributed by atoms with Crippen molar-refractivity contribution in [2.45, 2.75) is 19.4 Å². The zero-order valence-electron chi connectivity index (χ0n) is 19.9. The zero-order valence-corrected chi connectivity index (χ0v) is 20.7. The summed E-state index contributed by atoms with van der Waals surface area (Å²) < 4.78 is 9.68. The van der Waals surface area contributed by atoms with Gasteiger partial charge in [0.15, 0.2) is 5.82 Å². The van der Waals surface area contributed by atoms with Gasteiger partial charge in [-0.1, -0.05) is 59.9 Å². The lowest BCUT2D eigenvalue weighted by molar-refractivity contribution is 0.254. The normalized spacial score (nSPS) is 15.3. The maximum absolute atomic E-state index is 13.3. The molecular formula is C29H21N5O2S. The first-order valence-electron chi connectivity index (χ1n) is 12.0. The molecule has 0 spiro atoms. The van der Waals surface area contributed by atoms with Gasteiger partial charge in [0, 0.05) is 29.3 Å². The molecule has 3 aromatic carbocycles. The Labute approximate surface area is 215 Å². The molecule has 0 fully saturated rings. The quantitative estimate of drug-likeness (QED) is 0.353. The van der Waals surface area contributed by atoms with Gasteiger partial charge in [-0.15, -0.1) is 5.10 Å². The van der Waals surface area contributed by atoms with Crippen LogP contribution in [0.25, 0.3) is 39.4 Å². The number of fused-ring (bicyclic) bond motifs is 2. The van der Waals surface area contributed by atoms with Crippen molar-refractivity contribution in [3.63, 3.8) is 0 Å². The van der Waals surface area contributed by atoms with E-state index in [1.807, 2.05) is 89.8 Å². The molecule has 1 aliphatic rings. The van der Waals surface area contributed by atoms with E-state index < -0.39 is 0 Å². The molecule has 0 unspecified atom stereocenters. The number of hydrogen-bond acceptors (Lipinski definition) is 6. The summed E-state index contributed by atoms with van der Waals surface area (Å²) in [5.74, 6) is 1.47. The molecular weight excluding hydrogens is 482 g/mol. The molecule has 37 heavy (non-hydrogen) atoms. The number of ether oxygens (including phenoxy) is 1. The van der Waals surface area contributed by atoms with Gasteiger partial charge >= 0.3 is 0 Å². The summed E-state index contributed by atoms with van der Waals surface area (Å²) in [4.78, 5) is 18.5. The molecule has 0 radical (unpaired) electrons. The van der Waals surface area contributed by atoms with Gasteiger partial charge in [0.05, 0.1) is 10.2 Å². The topological polar surface area (TPSA) is 74.3 Å². The summed E-state index contributed by atoms with van der Waals surface area (Å²) in [5, 5.41) is 9.40. The zero-order chi connectivity index (χ0) is 24.9. The number of hydrogen-bond donors (Lipinski definition) is 0. The summed E-state index contributed by atoms with van der Waals surface area (Å²) in [6, 6.07) is 25.8. The molecule has 0 N–H and O–H groups in total. The highest BCUT2D eigenvalue weighted by molar-refractivity contribution is 7.15. The lowest BCUT2D eigenvalue weighted by atomic mass is 10.0. The van der Waals surface area contributed by atoms with E-state index in [1.54, 1.807) is 0 Å². The molecule has 7 nitrogen and oxygen atoms in total. The van der Waals surface area contributed by atoms with Crippen molar-refractivity contribution >= 4 is 22.4 Å². The van der Waals surface area contributed by atoms with Crippen molar-refractivity contribution in [1.29, 1.82) is 0 Å². The van der Waals surface area contributed by atoms with Gasteiger partial charge in [0.2, 0.25) is 4.96 Å². The second-order valence-corrected chi connectivity index (χ2v) is 10.1. The molecule has 0 saturated carbocycles. The first-order chi connectivity index (χ1) is 18.1. The number of rotatable bonds is 4. The maximum Gasteiger partial charge on any atom is 0.291 e. The van der Waals surface area contributed by atoms with Gasteiger partial charge in [0.25, 0.3) is 5.56 Å². The van der Waals surface area contributed by atoms with Crippen LogP contribution in [0.1, 0.15) is 18.1 Å². The van der Waals surface area contributed by atoms with Crippen molar-refractivity contribution in [2.24, 2.45) is 0 Å². The molecule has 0 saturated heterocycles. The maximum atomic E-state index is 13.3. The van der Waals surface area contributed by atoms with Gasteiger partial charge < -0.3 is 4.74 Å². The second-order valence-electron chi connectivity index (χ2n) is 9.08. The molecule has 180 valence electrons. The van der Waals surface area contributed by atoms with E-state index >= 15 is 0 Å². The smallest absolute Gasteiger partial charge is 0.291 e. The van der Waals surface area contributed by atoms with Crippen molar-refractivity contribution in [2.75, 3.05) is 0 Å². The van der Waals surface area contributed by atoms with Crippen molar-refractivity contribution in [1.82, 2.24) is 24.4 Å². The van der Waals surface area contributed by atoms with Gasteiger partial charge in [-0.25, -0.2) is 4.68 Å². The fraction of sp³-hybridized carbons (Fsp3) is 0.103. The molecule has 3 aromatic heterocycles. The Balaban J connectivity index is 1.37. The van der Waals surface area contributed by atoms with Gasteiger partial charge in [-0.3, -0.25) is 4.79 Å². The standard InChI is InChI=1S/C29H21N5O2S/c1-18-14-21-15-20(12-13-24(21)36-18)26-22(17-33(31-26)23-10-6-3-7-11-23)16-25-28(35)34-29(37-25)30-27(32-34)19-8-4-2-5-9-19/h2-13,15-18H,14H2,1H3/b25-16-/t18-/m1/s1. The van der Waals surface area contributed by atoms with Gasteiger partial charge in [0.1, 0.15) is 17.5 Å². The summed E-state index contributed by atoms with van der Waals surface area (Å²) in [6.07, 6.45) is 4.88. The third-order valence-electron chi connectivity index (χ3n) is 6.43. The molecule has 0 aliphatic carbocycles. The first-order valence-corrected chi connectivity index (χ1v) is 12.9. The Bertz CT molecular complexity index is 1870. The van der Waals surface area contributed by atoms with Crippen molar-refractivity contribution in [3.8, 4) is 34.1 Å². The monoisotopic (exact) mass is 503 g/mol. The Morgan fingerprint density at radius 1 is 0.973 bits per heavy atom. The van der Waals surface area contributed by atoms with Crippen molar-refractivity contribution < 1.29 is 4.74 Å². The van der Waals surface area contributed by atoms with Crippen LogP contribution in [0.15, 0.2) is 89.9 Å². The van der Waals surface area contributed by atoms with E-state index in [-0.39, 0.29) is 11.7 Å². The SMILES string of the molecule is C[C@@H]1Cc2cc(-c3nn(-c4ccccc4)cc3/C=c3\sc4nc(-c5ccccc5)nn4c3=O)ccc2O1. The Morgan fingerprint density at radius 3 is 2.54 bits per heavy atom. The van der Waals surface area contributed by atoms with Crippen LogP contribution in [0.4, 0.5) is 0 Å². The van der Waals surface area contributed by atoms with Crippen LogP contribution in [0.2, 0.25) is 0 Å². The Hall–Kier alpha value is -4.56. The van der Waals surface area contributed by atoms with E-state index in [4.69, 9.17) is 9.84 Å². The van der Waals surface area contributed by atoms with Crippen LogP contribution in [-0.2, 0) is 6.42 Å². The van der Waals surface area contributed by atoms with Crippen molar-refractivity contribution in [3.05, 3.63) is 111 Å². The number of benzene rings is 3. The number of para-hydroxylation sites is 1. The minimum absolute atomic E-state index is 0.164. The predicted octanol–water partition coefficient (Wildman–Crippen LogP) is 4.54. The molecule has 1 atom stereocenters. The molecule has 0 amide bonds. The van der Waals surface area contributed by atoms with E-state index in [0.717, 1.165) is 40.2 Å². The summed E-state index contributed by atoms with van der Waals surface area (Å²) in [5.41, 5.74) is 5.43. The van der Waals surface area contributed by atoms with Crippen LogP contribution in [-0.4, -0.2) is 30.5 Å². The minimum atomic E-state index is -0.190. The lowest BCUT2D eigenvalue weighted by Gasteiger charge is -2.04. The third-order valence-corrected chi connectivity index (χ3v) is 7.39. The lowest BCUT2D eigenvalue weighted by Crippen LogP contribution is -2.23. The van der Waals surface area contributed by atoms with Crippen LogP contribution in [0, 0.1) is 0 Å². The molecule has 1 aliphatic heterocycles. The number of nitrogens with zero attached hydrogens (tertiary/aromatic N) is 5. The van der Waals surface area contributed by atoms with Crippen LogP contribution in [0.3, 0.4) is 0 Å². The largest absolute Gasteiger partial charge is 0.490 e. The average Bonchev–Trinajstić information content (AvgIpc) is 3.69. The van der Waals surface area contributed by atoms with E-state index in [0.29, 0.717) is 15.3 Å².